The van der Waals surface area contributed by atoms with Crippen LogP contribution in [0, 0.1) is 0 Å². The van der Waals surface area contributed by atoms with Crippen molar-refractivity contribution in [3.63, 3.8) is 0 Å². The van der Waals surface area contributed by atoms with Gasteiger partial charge in [0.1, 0.15) is 12.0 Å². The van der Waals surface area contributed by atoms with Gasteiger partial charge in [-0.05, 0) is 30.2 Å². The standard InChI is InChI=1S/C10H13NO2/c1-13-9-4-5-10(11)8(7-9)3-2-6-12/h4-7H,2-3,11H2,1H3. The summed E-state index contributed by atoms with van der Waals surface area (Å²) in [5.41, 5.74) is 7.39. The highest BCUT2D eigenvalue weighted by molar-refractivity contribution is 5.55. The number of hydrogen-bond acceptors (Lipinski definition) is 3. The SMILES string of the molecule is COc1ccc(N)c(CCC=O)c1. The number of nitrogens with two attached hydrogens (primary N) is 1. The van der Waals surface area contributed by atoms with Gasteiger partial charge in [0.05, 0.1) is 7.11 Å². The lowest BCUT2D eigenvalue weighted by Crippen LogP contribution is -1.96. The Balaban J connectivity index is 2.83. The number of ether oxygens (including phenoxy) is 1. The number of benzene rings is 1. The molecule has 13 heavy (non-hydrogen) atoms. The summed E-state index contributed by atoms with van der Waals surface area (Å²) in [5.74, 6) is 0.773. The molecule has 1 aromatic rings. The summed E-state index contributed by atoms with van der Waals surface area (Å²) >= 11 is 0. The van der Waals surface area contributed by atoms with Crippen LogP contribution in [0.3, 0.4) is 0 Å². The molecule has 0 aliphatic carbocycles. The zero-order chi connectivity index (χ0) is 9.68. The van der Waals surface area contributed by atoms with E-state index in [-0.39, 0.29) is 0 Å². The van der Waals surface area contributed by atoms with Crippen LogP contribution in [-0.2, 0) is 11.2 Å². The molecule has 3 nitrogen and oxygen atoms in total. The van der Waals surface area contributed by atoms with Crippen molar-refractivity contribution in [1.82, 2.24) is 0 Å². The molecule has 0 radical (unpaired) electrons. The van der Waals surface area contributed by atoms with Gasteiger partial charge in [0, 0.05) is 12.1 Å². The average Bonchev–Trinajstić information content (AvgIpc) is 2.17. The summed E-state index contributed by atoms with van der Waals surface area (Å²) in [7, 11) is 1.61. The number of aryl methyl sites for hydroxylation is 1. The second-order valence-corrected chi connectivity index (χ2v) is 2.77. The molecule has 1 rings (SSSR count). The van der Waals surface area contributed by atoms with Gasteiger partial charge in [-0.1, -0.05) is 0 Å². The second-order valence-electron chi connectivity index (χ2n) is 2.77. The lowest BCUT2D eigenvalue weighted by Gasteiger charge is -2.06. The molecule has 0 unspecified atom stereocenters. The molecule has 1 aromatic carbocycles. The van der Waals surface area contributed by atoms with Gasteiger partial charge < -0.3 is 15.3 Å². The van der Waals surface area contributed by atoms with Crippen molar-refractivity contribution in [2.75, 3.05) is 12.8 Å². The first-order valence-corrected chi connectivity index (χ1v) is 4.14. The van der Waals surface area contributed by atoms with Gasteiger partial charge in [0.2, 0.25) is 0 Å². The fraction of sp³-hybridized carbons (Fsp3) is 0.300. The van der Waals surface area contributed by atoms with Crippen molar-refractivity contribution in [2.45, 2.75) is 12.8 Å². The molecule has 0 heterocycles. The topological polar surface area (TPSA) is 52.3 Å². The Labute approximate surface area is 77.5 Å². The van der Waals surface area contributed by atoms with E-state index in [2.05, 4.69) is 0 Å². The summed E-state index contributed by atoms with van der Waals surface area (Å²) in [5, 5.41) is 0. The first kappa shape index (κ1) is 9.58. The molecular formula is C10H13NO2. The van der Waals surface area contributed by atoms with E-state index >= 15 is 0 Å². The van der Waals surface area contributed by atoms with Crippen molar-refractivity contribution in [3.8, 4) is 5.75 Å². The van der Waals surface area contributed by atoms with Crippen molar-refractivity contribution < 1.29 is 9.53 Å². The summed E-state index contributed by atoms with van der Waals surface area (Å²) in [6.07, 6.45) is 2.06. The fourth-order valence-corrected chi connectivity index (χ4v) is 1.14. The lowest BCUT2D eigenvalue weighted by atomic mass is 10.1. The van der Waals surface area contributed by atoms with Crippen LogP contribution in [0.4, 0.5) is 5.69 Å². The Bertz CT molecular complexity index is 297. The third kappa shape index (κ3) is 2.47. The van der Waals surface area contributed by atoms with Crippen molar-refractivity contribution in [3.05, 3.63) is 23.8 Å². The van der Waals surface area contributed by atoms with Crippen LogP contribution in [0.15, 0.2) is 18.2 Å². The summed E-state index contributed by atoms with van der Waals surface area (Å²) in [6.45, 7) is 0. The highest BCUT2D eigenvalue weighted by Crippen LogP contribution is 2.20. The molecule has 0 fully saturated rings. The number of hydrogen-bond donors (Lipinski definition) is 1. The largest absolute Gasteiger partial charge is 0.497 e. The van der Waals surface area contributed by atoms with Crippen molar-refractivity contribution >= 4 is 12.0 Å². The van der Waals surface area contributed by atoms with Gasteiger partial charge in [0.15, 0.2) is 0 Å². The van der Waals surface area contributed by atoms with Crippen LogP contribution in [0.5, 0.6) is 5.75 Å². The predicted octanol–water partition coefficient (Wildman–Crippen LogP) is 1.41. The maximum absolute atomic E-state index is 10.2. The highest BCUT2D eigenvalue weighted by atomic mass is 16.5. The van der Waals surface area contributed by atoms with E-state index in [0.29, 0.717) is 18.5 Å². The number of rotatable bonds is 4. The molecule has 0 aromatic heterocycles. The van der Waals surface area contributed by atoms with E-state index < -0.39 is 0 Å². The molecule has 2 N–H and O–H groups in total. The summed E-state index contributed by atoms with van der Waals surface area (Å²) in [4.78, 5) is 10.2. The van der Waals surface area contributed by atoms with Crippen LogP contribution in [0.25, 0.3) is 0 Å². The number of methoxy groups -OCH3 is 1. The number of nitrogen functional groups attached to an aromatic ring is 1. The van der Waals surface area contributed by atoms with Gasteiger partial charge >= 0.3 is 0 Å². The Morgan fingerprint density at radius 2 is 2.31 bits per heavy atom. The van der Waals surface area contributed by atoms with E-state index in [9.17, 15) is 4.79 Å². The molecule has 0 aliphatic rings. The smallest absolute Gasteiger partial charge is 0.120 e. The fourth-order valence-electron chi connectivity index (χ4n) is 1.14. The first-order chi connectivity index (χ1) is 6.27. The molecule has 0 aliphatic heterocycles. The lowest BCUT2D eigenvalue weighted by molar-refractivity contribution is -0.107. The molecule has 0 atom stereocenters. The second kappa shape index (κ2) is 4.50. The molecule has 0 bridgehead atoms. The van der Waals surface area contributed by atoms with E-state index in [1.807, 2.05) is 6.07 Å². The molecule has 0 saturated heterocycles. The van der Waals surface area contributed by atoms with E-state index in [0.717, 1.165) is 17.6 Å². The van der Waals surface area contributed by atoms with E-state index in [1.165, 1.54) is 0 Å². The molecule has 0 spiro atoms. The number of aldehydes is 1. The zero-order valence-electron chi connectivity index (χ0n) is 7.62. The van der Waals surface area contributed by atoms with Gasteiger partial charge in [0.25, 0.3) is 0 Å². The highest BCUT2D eigenvalue weighted by Gasteiger charge is 2.00. The number of carbonyl (C=O) groups excluding carboxylic acids is 1. The maximum Gasteiger partial charge on any atom is 0.120 e. The number of anilines is 1. The van der Waals surface area contributed by atoms with E-state index in [4.69, 9.17) is 10.5 Å². The Morgan fingerprint density at radius 3 is 2.92 bits per heavy atom. The van der Waals surface area contributed by atoms with Crippen LogP contribution < -0.4 is 10.5 Å². The Kier molecular flexibility index (Phi) is 3.31. The van der Waals surface area contributed by atoms with Crippen LogP contribution >= 0.6 is 0 Å². The summed E-state index contributed by atoms with van der Waals surface area (Å²) in [6, 6.07) is 5.46. The monoisotopic (exact) mass is 179 g/mol. The zero-order valence-corrected chi connectivity index (χ0v) is 7.62. The predicted molar refractivity (Wildman–Crippen MR) is 51.8 cm³/mol. The normalized spacial score (nSPS) is 9.62. The quantitative estimate of drug-likeness (QED) is 0.561. The van der Waals surface area contributed by atoms with Crippen molar-refractivity contribution in [1.29, 1.82) is 0 Å². The first-order valence-electron chi connectivity index (χ1n) is 4.14. The maximum atomic E-state index is 10.2. The minimum Gasteiger partial charge on any atom is -0.497 e. The molecule has 3 heteroatoms. The average molecular weight is 179 g/mol. The van der Waals surface area contributed by atoms with Crippen LogP contribution in [0.1, 0.15) is 12.0 Å². The van der Waals surface area contributed by atoms with Crippen LogP contribution in [-0.4, -0.2) is 13.4 Å². The van der Waals surface area contributed by atoms with Crippen molar-refractivity contribution in [2.24, 2.45) is 0 Å². The Hall–Kier alpha value is -1.51. The van der Waals surface area contributed by atoms with Crippen LogP contribution in [0.2, 0.25) is 0 Å². The third-order valence-electron chi connectivity index (χ3n) is 1.88. The third-order valence-corrected chi connectivity index (χ3v) is 1.88. The van der Waals surface area contributed by atoms with Gasteiger partial charge in [-0.25, -0.2) is 0 Å². The van der Waals surface area contributed by atoms with Gasteiger partial charge in [-0.15, -0.1) is 0 Å². The van der Waals surface area contributed by atoms with Gasteiger partial charge in [-0.3, -0.25) is 0 Å². The summed E-state index contributed by atoms with van der Waals surface area (Å²) < 4.78 is 5.05. The molecular weight excluding hydrogens is 166 g/mol. The minimum atomic E-state index is 0.497. The molecule has 0 saturated carbocycles. The molecule has 0 amide bonds. The number of carbonyl (C=O) groups is 1. The minimum absolute atomic E-state index is 0.497. The van der Waals surface area contributed by atoms with Gasteiger partial charge in [-0.2, -0.15) is 0 Å². The Morgan fingerprint density at radius 1 is 1.54 bits per heavy atom. The molecule has 70 valence electrons. The van der Waals surface area contributed by atoms with E-state index in [1.54, 1.807) is 19.2 Å².